The Kier molecular flexibility index (Phi) is 7.62. The molecule has 0 saturated carbocycles. The van der Waals surface area contributed by atoms with Crippen LogP contribution < -0.4 is 27.0 Å². The summed E-state index contributed by atoms with van der Waals surface area (Å²) in [4.78, 5) is 38.6. The molecule has 0 bridgehead atoms. The number of halogens is 4. The number of anilines is 1. The number of carbonyl (C=O) groups excluding carboxylic acids is 3. The lowest BCUT2D eigenvalue weighted by Gasteiger charge is -2.37. The van der Waals surface area contributed by atoms with E-state index >= 15 is 0 Å². The first kappa shape index (κ1) is 28.1. The highest BCUT2D eigenvalue weighted by Gasteiger charge is 2.65. The van der Waals surface area contributed by atoms with Crippen LogP contribution in [0.5, 0.6) is 0 Å². The minimum absolute atomic E-state index is 0.0702. The van der Waals surface area contributed by atoms with Gasteiger partial charge >= 0.3 is 6.03 Å². The third-order valence-electron chi connectivity index (χ3n) is 7.01. The van der Waals surface area contributed by atoms with E-state index in [-0.39, 0.29) is 28.5 Å². The van der Waals surface area contributed by atoms with Crippen LogP contribution in [0.3, 0.4) is 0 Å². The number of urea groups is 1. The number of carbonyl (C=O) groups is 3. The minimum atomic E-state index is -1.46. The molecule has 4 amide bonds. The van der Waals surface area contributed by atoms with Gasteiger partial charge in [-0.2, -0.15) is 0 Å². The molecule has 1 spiro atoms. The van der Waals surface area contributed by atoms with Gasteiger partial charge in [-0.3, -0.25) is 9.59 Å². The SMILES string of the molecule is CC(C)(C)C[C@H]1N[C@@H](C(=O)NCCNC(N)=O)[C@H](c2ccc(F)c(Cl)c2)[C@@]12C(=O)Nc1cc(Cl)c(F)cc12. The van der Waals surface area contributed by atoms with Gasteiger partial charge in [0.2, 0.25) is 11.8 Å². The summed E-state index contributed by atoms with van der Waals surface area (Å²) < 4.78 is 29.1. The first-order valence-corrected chi connectivity index (χ1v) is 12.8. The maximum Gasteiger partial charge on any atom is 0.312 e. The second-order valence-electron chi connectivity index (χ2n) is 10.8. The minimum Gasteiger partial charge on any atom is -0.353 e. The predicted molar refractivity (Wildman–Crippen MR) is 141 cm³/mol. The molecule has 2 aromatic rings. The summed E-state index contributed by atoms with van der Waals surface area (Å²) in [7, 11) is 0. The summed E-state index contributed by atoms with van der Waals surface area (Å²) in [6, 6.07) is 4.25. The molecular formula is C26H29Cl2F2N5O3. The molecule has 2 aromatic carbocycles. The molecular weight excluding hydrogens is 539 g/mol. The van der Waals surface area contributed by atoms with E-state index in [1.165, 1.54) is 30.3 Å². The molecule has 4 rings (SSSR count). The molecule has 204 valence electrons. The van der Waals surface area contributed by atoms with Crippen LogP contribution in [0, 0.1) is 17.0 Å². The molecule has 38 heavy (non-hydrogen) atoms. The van der Waals surface area contributed by atoms with Crippen molar-refractivity contribution in [1.82, 2.24) is 16.0 Å². The number of nitrogens with one attached hydrogen (secondary N) is 4. The summed E-state index contributed by atoms with van der Waals surface area (Å²) in [5, 5.41) is 11.0. The van der Waals surface area contributed by atoms with Gasteiger partial charge in [-0.05, 0) is 47.2 Å². The molecule has 0 unspecified atom stereocenters. The molecule has 2 aliphatic heterocycles. The molecule has 2 heterocycles. The first-order valence-electron chi connectivity index (χ1n) is 12.1. The number of primary amides is 1. The number of fused-ring (bicyclic) bond motifs is 2. The first-order chi connectivity index (χ1) is 17.8. The third-order valence-corrected chi connectivity index (χ3v) is 7.59. The van der Waals surface area contributed by atoms with Gasteiger partial charge in [0, 0.05) is 30.7 Å². The van der Waals surface area contributed by atoms with E-state index in [1.54, 1.807) is 0 Å². The Morgan fingerprint density at radius 3 is 2.34 bits per heavy atom. The molecule has 1 fully saturated rings. The average molecular weight is 568 g/mol. The van der Waals surface area contributed by atoms with Crippen molar-refractivity contribution >= 4 is 46.7 Å². The van der Waals surface area contributed by atoms with E-state index in [0.717, 1.165) is 0 Å². The number of nitrogens with two attached hydrogens (primary N) is 1. The van der Waals surface area contributed by atoms with Gasteiger partial charge in [-0.15, -0.1) is 0 Å². The second kappa shape index (κ2) is 10.3. The molecule has 2 aliphatic rings. The zero-order valence-electron chi connectivity index (χ0n) is 21.1. The quantitative estimate of drug-likeness (QED) is 0.340. The molecule has 0 radical (unpaired) electrons. The van der Waals surface area contributed by atoms with Gasteiger partial charge in [0.1, 0.15) is 17.0 Å². The lowest BCUT2D eigenvalue weighted by Crippen LogP contribution is -2.49. The largest absolute Gasteiger partial charge is 0.353 e. The van der Waals surface area contributed by atoms with Gasteiger partial charge in [-0.25, -0.2) is 13.6 Å². The fraction of sp³-hybridized carbons (Fsp3) is 0.423. The standard InChI is InChI=1S/C26H29Cl2F2N5O3/c1-25(2,3)11-19-26(13-9-17(30)15(28)10-18(13)34-23(26)37)20(12-4-5-16(29)14(27)8-12)21(35-19)22(36)32-6-7-33-24(31)38/h4-5,8-10,19-21,35H,6-7,11H2,1-3H3,(H,32,36)(H,34,37)(H3,31,33,38)/t19-,20+,21-,26+/m1/s1. The van der Waals surface area contributed by atoms with Crippen LogP contribution in [0.4, 0.5) is 19.3 Å². The van der Waals surface area contributed by atoms with Gasteiger partial charge in [-0.1, -0.05) is 50.0 Å². The van der Waals surface area contributed by atoms with Crippen LogP contribution in [-0.2, 0) is 15.0 Å². The number of rotatable bonds is 6. The predicted octanol–water partition coefficient (Wildman–Crippen LogP) is 3.81. The molecule has 0 aliphatic carbocycles. The third kappa shape index (κ3) is 5.04. The summed E-state index contributed by atoms with van der Waals surface area (Å²) >= 11 is 12.2. The number of benzene rings is 2. The summed E-state index contributed by atoms with van der Waals surface area (Å²) in [5.41, 5.74) is 4.45. The van der Waals surface area contributed by atoms with Crippen LogP contribution in [0.1, 0.15) is 44.2 Å². The Morgan fingerprint density at radius 2 is 1.71 bits per heavy atom. The fourth-order valence-corrected chi connectivity index (χ4v) is 5.97. The molecule has 8 nitrogen and oxygen atoms in total. The summed E-state index contributed by atoms with van der Waals surface area (Å²) in [6.45, 7) is 6.13. The molecule has 0 aromatic heterocycles. The lowest BCUT2D eigenvalue weighted by molar-refractivity contribution is -0.123. The lowest BCUT2D eigenvalue weighted by atomic mass is 9.62. The van der Waals surface area contributed by atoms with Gasteiger partial charge in [0.15, 0.2) is 0 Å². The van der Waals surface area contributed by atoms with Crippen LogP contribution in [-0.4, -0.2) is 43.0 Å². The number of hydrogen-bond donors (Lipinski definition) is 5. The van der Waals surface area contributed by atoms with Crippen molar-refractivity contribution in [3.8, 4) is 0 Å². The van der Waals surface area contributed by atoms with E-state index in [0.29, 0.717) is 23.2 Å². The number of amides is 4. The molecule has 6 N–H and O–H groups in total. The van der Waals surface area contributed by atoms with E-state index in [1.807, 2.05) is 20.8 Å². The highest BCUT2D eigenvalue weighted by atomic mass is 35.5. The monoisotopic (exact) mass is 567 g/mol. The fourth-order valence-electron chi connectivity index (χ4n) is 5.62. The van der Waals surface area contributed by atoms with Crippen LogP contribution in [0.2, 0.25) is 10.0 Å². The Hall–Kier alpha value is -2.95. The maximum atomic E-state index is 14.9. The van der Waals surface area contributed by atoms with Crippen LogP contribution >= 0.6 is 23.2 Å². The van der Waals surface area contributed by atoms with Crippen molar-refractivity contribution in [2.45, 2.75) is 50.6 Å². The molecule has 12 heteroatoms. The molecule has 1 saturated heterocycles. The highest BCUT2D eigenvalue weighted by Crippen LogP contribution is 2.57. The highest BCUT2D eigenvalue weighted by molar-refractivity contribution is 6.31. The molecule has 4 atom stereocenters. The smallest absolute Gasteiger partial charge is 0.312 e. The van der Waals surface area contributed by atoms with Crippen LogP contribution in [0.25, 0.3) is 0 Å². The van der Waals surface area contributed by atoms with Crippen molar-refractivity contribution in [3.05, 3.63) is 63.1 Å². The van der Waals surface area contributed by atoms with Crippen molar-refractivity contribution in [1.29, 1.82) is 0 Å². The van der Waals surface area contributed by atoms with Gasteiger partial charge in [0.05, 0.1) is 16.1 Å². The topological polar surface area (TPSA) is 125 Å². The number of hydrogen-bond acceptors (Lipinski definition) is 4. The Bertz CT molecular complexity index is 1300. The van der Waals surface area contributed by atoms with Crippen molar-refractivity contribution < 1.29 is 23.2 Å². The zero-order valence-corrected chi connectivity index (χ0v) is 22.6. The van der Waals surface area contributed by atoms with Crippen LogP contribution in [0.15, 0.2) is 30.3 Å². The van der Waals surface area contributed by atoms with Gasteiger partial charge < -0.3 is 27.0 Å². The van der Waals surface area contributed by atoms with E-state index in [4.69, 9.17) is 28.9 Å². The Balaban J connectivity index is 1.90. The summed E-state index contributed by atoms with van der Waals surface area (Å²) in [5.74, 6) is -3.18. The normalized spacial score (nSPS) is 24.3. The van der Waals surface area contributed by atoms with E-state index in [2.05, 4.69) is 21.3 Å². The van der Waals surface area contributed by atoms with Gasteiger partial charge in [0.25, 0.3) is 0 Å². The van der Waals surface area contributed by atoms with Crippen molar-refractivity contribution in [2.24, 2.45) is 11.1 Å². The maximum absolute atomic E-state index is 14.9. The van der Waals surface area contributed by atoms with Crippen molar-refractivity contribution in [2.75, 3.05) is 18.4 Å². The van der Waals surface area contributed by atoms with Crippen molar-refractivity contribution in [3.63, 3.8) is 0 Å². The zero-order chi connectivity index (χ0) is 28.0. The average Bonchev–Trinajstić information content (AvgIpc) is 3.28. The second-order valence-corrected chi connectivity index (χ2v) is 11.6. The summed E-state index contributed by atoms with van der Waals surface area (Å²) in [6.07, 6.45) is 0.433. The Labute approximate surface area is 229 Å². The van der Waals surface area contributed by atoms with E-state index < -0.39 is 52.9 Å². The van der Waals surface area contributed by atoms with E-state index in [9.17, 15) is 23.2 Å². The Morgan fingerprint density at radius 1 is 1.05 bits per heavy atom.